The largest absolute Gasteiger partial charge is 0.471 e. The molecule has 1 unspecified atom stereocenters. The number of hydrogen-bond acceptors (Lipinski definition) is 9. The SMILES string of the molecule is CCOC(=O)C1(C(=O)OCC)NC(c2cccc(C#N)c2)Oc2ccc(NS(=O)(=O)c3ccc(C)cc3)cc21. The molecule has 39 heavy (non-hydrogen) atoms. The first kappa shape index (κ1) is 27.6. The Bertz CT molecular complexity index is 1530. The Morgan fingerprint density at radius 3 is 2.31 bits per heavy atom. The predicted molar refractivity (Wildman–Crippen MR) is 141 cm³/mol. The van der Waals surface area contributed by atoms with Gasteiger partial charge in [-0.15, -0.1) is 0 Å². The van der Waals surface area contributed by atoms with Gasteiger partial charge in [-0.2, -0.15) is 5.26 Å². The molecular formula is C28H27N3O7S. The van der Waals surface area contributed by atoms with Gasteiger partial charge in [0.2, 0.25) is 5.54 Å². The molecule has 1 aliphatic rings. The summed E-state index contributed by atoms with van der Waals surface area (Å²) in [5, 5.41) is 12.3. The third kappa shape index (κ3) is 5.43. The van der Waals surface area contributed by atoms with Gasteiger partial charge in [0.15, 0.2) is 6.23 Å². The molecule has 3 aromatic carbocycles. The number of carbonyl (C=O) groups is 2. The summed E-state index contributed by atoms with van der Waals surface area (Å²) in [7, 11) is -3.99. The van der Waals surface area contributed by atoms with Crippen molar-refractivity contribution in [1.82, 2.24) is 5.32 Å². The van der Waals surface area contributed by atoms with E-state index in [0.717, 1.165) is 5.56 Å². The molecule has 11 heteroatoms. The minimum absolute atomic E-state index is 0.0104. The van der Waals surface area contributed by atoms with Crippen LogP contribution in [-0.2, 0) is 34.6 Å². The van der Waals surface area contributed by atoms with Crippen molar-refractivity contribution in [2.24, 2.45) is 0 Å². The number of hydrogen-bond donors (Lipinski definition) is 2. The smallest absolute Gasteiger partial charge is 0.343 e. The number of carbonyl (C=O) groups excluding carboxylic acids is 2. The van der Waals surface area contributed by atoms with Crippen molar-refractivity contribution in [1.29, 1.82) is 5.26 Å². The summed E-state index contributed by atoms with van der Waals surface area (Å²) < 4.78 is 45.3. The van der Waals surface area contributed by atoms with Crippen LogP contribution < -0.4 is 14.8 Å². The van der Waals surface area contributed by atoms with Gasteiger partial charge in [-0.25, -0.2) is 23.3 Å². The number of esters is 2. The van der Waals surface area contributed by atoms with E-state index in [4.69, 9.17) is 14.2 Å². The van der Waals surface area contributed by atoms with Gasteiger partial charge in [-0.1, -0.05) is 29.8 Å². The number of rotatable bonds is 8. The van der Waals surface area contributed by atoms with Gasteiger partial charge < -0.3 is 14.2 Å². The minimum atomic E-state index is -3.99. The second-order valence-corrected chi connectivity index (χ2v) is 10.4. The fraction of sp³-hybridized carbons (Fsp3) is 0.250. The lowest BCUT2D eigenvalue weighted by Crippen LogP contribution is -2.60. The lowest BCUT2D eigenvalue weighted by Gasteiger charge is -2.40. The van der Waals surface area contributed by atoms with Gasteiger partial charge >= 0.3 is 11.9 Å². The van der Waals surface area contributed by atoms with Gasteiger partial charge in [0, 0.05) is 16.8 Å². The molecule has 1 heterocycles. The molecular weight excluding hydrogens is 522 g/mol. The maximum Gasteiger partial charge on any atom is 0.343 e. The predicted octanol–water partition coefficient (Wildman–Crippen LogP) is 3.67. The molecule has 3 aromatic rings. The first-order valence-corrected chi connectivity index (χ1v) is 13.7. The van der Waals surface area contributed by atoms with Crippen molar-refractivity contribution >= 4 is 27.6 Å². The van der Waals surface area contributed by atoms with Crippen LogP contribution in [0.5, 0.6) is 5.75 Å². The Hall–Kier alpha value is -4.40. The van der Waals surface area contributed by atoms with Crippen LogP contribution in [0.4, 0.5) is 5.69 Å². The van der Waals surface area contributed by atoms with Crippen molar-refractivity contribution in [2.75, 3.05) is 17.9 Å². The molecule has 0 saturated carbocycles. The fourth-order valence-electron chi connectivity index (χ4n) is 4.17. The second-order valence-electron chi connectivity index (χ2n) is 8.70. The monoisotopic (exact) mass is 549 g/mol. The molecule has 0 saturated heterocycles. The van der Waals surface area contributed by atoms with Crippen LogP contribution in [-0.4, -0.2) is 33.6 Å². The topological polar surface area (TPSA) is 144 Å². The van der Waals surface area contributed by atoms with Crippen molar-refractivity contribution in [3.8, 4) is 11.8 Å². The molecule has 0 bridgehead atoms. The van der Waals surface area contributed by atoms with Gasteiger partial charge in [0.25, 0.3) is 10.0 Å². The van der Waals surface area contributed by atoms with Crippen molar-refractivity contribution in [3.63, 3.8) is 0 Å². The standard InChI is InChI=1S/C28H27N3O7S/c1-4-36-26(32)28(27(33)37-5-2)23-16-21(31-39(34,35)22-12-9-18(3)10-13-22)11-14-24(23)38-25(30-28)20-8-6-7-19(15-20)17-29/h6-16,25,30-31H,4-5H2,1-3H3. The second kappa shape index (κ2) is 11.1. The van der Waals surface area contributed by atoms with Gasteiger partial charge in [0.05, 0.1) is 29.7 Å². The number of ether oxygens (including phenoxy) is 3. The molecule has 0 amide bonds. The Labute approximate surface area is 226 Å². The highest BCUT2D eigenvalue weighted by Crippen LogP contribution is 2.42. The van der Waals surface area contributed by atoms with E-state index >= 15 is 0 Å². The number of nitrogens with zero attached hydrogens (tertiary/aromatic N) is 1. The summed E-state index contributed by atoms with van der Waals surface area (Å²) >= 11 is 0. The quantitative estimate of drug-likeness (QED) is 0.318. The summed E-state index contributed by atoms with van der Waals surface area (Å²) in [6, 6.07) is 19.1. The summed E-state index contributed by atoms with van der Waals surface area (Å²) in [4.78, 5) is 27.1. The lowest BCUT2D eigenvalue weighted by atomic mass is 9.86. The Morgan fingerprint density at radius 1 is 1.03 bits per heavy atom. The van der Waals surface area contributed by atoms with Crippen LogP contribution in [0.2, 0.25) is 0 Å². The fourth-order valence-corrected chi connectivity index (χ4v) is 5.22. The molecule has 4 rings (SSSR count). The zero-order chi connectivity index (χ0) is 28.2. The summed E-state index contributed by atoms with van der Waals surface area (Å²) in [6.07, 6.45) is -1.05. The normalized spacial score (nSPS) is 15.7. The van der Waals surface area contributed by atoms with E-state index in [2.05, 4.69) is 10.0 Å². The number of sulfonamides is 1. The molecule has 10 nitrogen and oxygen atoms in total. The lowest BCUT2D eigenvalue weighted by molar-refractivity contribution is -0.170. The summed E-state index contributed by atoms with van der Waals surface area (Å²) in [6.45, 7) is 4.96. The highest BCUT2D eigenvalue weighted by atomic mass is 32.2. The third-order valence-electron chi connectivity index (χ3n) is 6.04. The molecule has 0 aliphatic carbocycles. The van der Waals surface area contributed by atoms with Gasteiger partial charge in [-0.3, -0.25) is 4.72 Å². The van der Waals surface area contributed by atoms with Crippen LogP contribution in [0.25, 0.3) is 0 Å². The first-order chi connectivity index (χ1) is 18.6. The molecule has 202 valence electrons. The minimum Gasteiger partial charge on any atom is -0.471 e. The van der Waals surface area contributed by atoms with Crippen LogP contribution in [0, 0.1) is 18.3 Å². The highest BCUT2D eigenvalue weighted by Gasteiger charge is 2.56. The van der Waals surface area contributed by atoms with E-state index < -0.39 is 33.7 Å². The summed E-state index contributed by atoms with van der Waals surface area (Å²) in [5.74, 6) is -1.78. The van der Waals surface area contributed by atoms with Crippen LogP contribution in [0.15, 0.2) is 71.6 Å². The van der Waals surface area contributed by atoms with E-state index in [0.29, 0.717) is 11.1 Å². The van der Waals surface area contributed by atoms with Crippen molar-refractivity contribution < 1.29 is 32.2 Å². The zero-order valence-electron chi connectivity index (χ0n) is 21.6. The van der Waals surface area contributed by atoms with Crippen LogP contribution in [0.3, 0.4) is 0 Å². The van der Waals surface area contributed by atoms with Crippen LogP contribution in [0.1, 0.15) is 42.3 Å². The van der Waals surface area contributed by atoms with Crippen LogP contribution >= 0.6 is 0 Å². The average Bonchev–Trinajstić information content (AvgIpc) is 2.92. The highest BCUT2D eigenvalue weighted by molar-refractivity contribution is 7.92. The van der Waals surface area contributed by atoms with Crippen molar-refractivity contribution in [2.45, 2.75) is 37.4 Å². The number of benzene rings is 3. The molecule has 0 spiro atoms. The zero-order valence-corrected chi connectivity index (χ0v) is 22.4. The van der Waals surface area contributed by atoms with E-state index in [-0.39, 0.29) is 35.1 Å². The van der Waals surface area contributed by atoms with Crippen molar-refractivity contribution in [3.05, 3.63) is 89.0 Å². The number of anilines is 1. The van der Waals surface area contributed by atoms with E-state index in [1.807, 2.05) is 13.0 Å². The molecule has 0 aromatic heterocycles. The maximum absolute atomic E-state index is 13.5. The molecule has 2 N–H and O–H groups in total. The Kier molecular flexibility index (Phi) is 7.90. The number of nitrogens with one attached hydrogen (secondary N) is 2. The van der Waals surface area contributed by atoms with E-state index in [1.54, 1.807) is 50.2 Å². The Balaban J connectivity index is 1.85. The number of fused-ring (bicyclic) bond motifs is 1. The maximum atomic E-state index is 13.5. The molecule has 0 fully saturated rings. The Morgan fingerprint density at radius 2 is 1.69 bits per heavy atom. The molecule has 0 radical (unpaired) electrons. The first-order valence-electron chi connectivity index (χ1n) is 12.2. The third-order valence-corrected chi connectivity index (χ3v) is 7.44. The van der Waals surface area contributed by atoms with Gasteiger partial charge in [0.1, 0.15) is 5.75 Å². The van der Waals surface area contributed by atoms with E-state index in [1.165, 1.54) is 30.3 Å². The molecule has 1 atom stereocenters. The van der Waals surface area contributed by atoms with Gasteiger partial charge in [-0.05, 0) is 63.2 Å². The number of aryl methyl sites for hydroxylation is 1. The number of nitriles is 1. The summed E-state index contributed by atoms with van der Waals surface area (Å²) in [5.41, 5.74) is -0.379. The molecule has 1 aliphatic heterocycles. The average molecular weight is 550 g/mol. The van der Waals surface area contributed by atoms with E-state index in [9.17, 15) is 23.3 Å².